The second kappa shape index (κ2) is 4.63. The highest BCUT2D eigenvalue weighted by Crippen LogP contribution is 2.52. The quantitative estimate of drug-likeness (QED) is 0.675. The molecule has 5 atom stereocenters. The molecule has 4 rings (SSSR count). The third kappa shape index (κ3) is 1.75. The molecule has 0 radical (unpaired) electrons. The van der Waals surface area contributed by atoms with Crippen molar-refractivity contribution in [3.63, 3.8) is 0 Å². The van der Waals surface area contributed by atoms with Crippen LogP contribution in [0.1, 0.15) is 12.5 Å². The Labute approximate surface area is 121 Å². The molecular weight excluding hydrogens is 240 g/mol. The SMILES string of the molecule is CC1C2C=CC=CC2C2C=CC(c3ccccc3)=CC12. The maximum absolute atomic E-state index is 2.52. The maximum Gasteiger partial charge on any atom is -0.00952 e. The van der Waals surface area contributed by atoms with Crippen molar-refractivity contribution in [1.82, 2.24) is 0 Å². The van der Waals surface area contributed by atoms with Crippen LogP contribution in [0.3, 0.4) is 0 Å². The lowest BCUT2D eigenvalue weighted by Crippen LogP contribution is -2.15. The molecule has 20 heavy (non-hydrogen) atoms. The summed E-state index contributed by atoms with van der Waals surface area (Å²) in [7, 11) is 0. The zero-order valence-corrected chi connectivity index (χ0v) is 11.8. The van der Waals surface area contributed by atoms with Gasteiger partial charge in [-0.1, -0.05) is 79.8 Å². The van der Waals surface area contributed by atoms with E-state index in [0.29, 0.717) is 23.7 Å². The van der Waals surface area contributed by atoms with Gasteiger partial charge in [-0.25, -0.2) is 0 Å². The zero-order chi connectivity index (χ0) is 13.5. The molecule has 0 heteroatoms. The molecule has 1 fully saturated rings. The number of fused-ring (bicyclic) bond motifs is 3. The Hall–Kier alpha value is -1.82. The maximum atomic E-state index is 2.52. The van der Waals surface area contributed by atoms with Crippen LogP contribution in [-0.4, -0.2) is 0 Å². The van der Waals surface area contributed by atoms with E-state index in [-0.39, 0.29) is 0 Å². The third-order valence-electron chi connectivity index (χ3n) is 5.30. The summed E-state index contributed by atoms with van der Waals surface area (Å²) in [5.41, 5.74) is 2.74. The number of allylic oxidation sites excluding steroid dienone is 8. The van der Waals surface area contributed by atoms with E-state index in [1.54, 1.807) is 0 Å². The molecule has 0 saturated heterocycles. The monoisotopic (exact) mass is 260 g/mol. The van der Waals surface area contributed by atoms with Gasteiger partial charge in [-0.2, -0.15) is 0 Å². The number of rotatable bonds is 1. The largest absolute Gasteiger partial charge is 0.0805 e. The van der Waals surface area contributed by atoms with Crippen LogP contribution >= 0.6 is 0 Å². The van der Waals surface area contributed by atoms with Crippen LogP contribution < -0.4 is 0 Å². The standard InChI is InChI=1S/C20H20/c1-14-17-9-5-6-10-18(17)19-12-11-16(13-20(14)19)15-7-3-2-4-8-15/h2-14,17-20H,1H3. The van der Waals surface area contributed by atoms with Gasteiger partial charge in [0.2, 0.25) is 0 Å². The molecule has 0 spiro atoms. The Balaban J connectivity index is 1.70. The molecule has 0 nitrogen and oxygen atoms in total. The van der Waals surface area contributed by atoms with E-state index in [0.717, 1.165) is 5.92 Å². The summed E-state index contributed by atoms with van der Waals surface area (Å²) in [5.74, 6) is 3.51. The Morgan fingerprint density at radius 1 is 0.750 bits per heavy atom. The molecular formula is C20H20. The first-order valence-corrected chi connectivity index (χ1v) is 7.65. The predicted octanol–water partition coefficient (Wildman–Crippen LogP) is 4.88. The fourth-order valence-electron chi connectivity index (χ4n) is 4.24. The van der Waals surface area contributed by atoms with Crippen molar-refractivity contribution in [2.75, 3.05) is 0 Å². The van der Waals surface area contributed by atoms with E-state index < -0.39 is 0 Å². The molecule has 100 valence electrons. The van der Waals surface area contributed by atoms with E-state index >= 15 is 0 Å². The smallest absolute Gasteiger partial charge is 0.00952 e. The van der Waals surface area contributed by atoms with E-state index in [2.05, 4.69) is 79.8 Å². The molecule has 5 unspecified atom stereocenters. The second-order valence-corrected chi connectivity index (χ2v) is 6.29. The minimum atomic E-state index is 0.678. The highest BCUT2D eigenvalue weighted by atomic mass is 14.5. The van der Waals surface area contributed by atoms with Crippen molar-refractivity contribution in [2.24, 2.45) is 29.6 Å². The second-order valence-electron chi connectivity index (χ2n) is 6.29. The van der Waals surface area contributed by atoms with Gasteiger partial charge in [0.15, 0.2) is 0 Å². The van der Waals surface area contributed by atoms with Gasteiger partial charge in [-0.3, -0.25) is 0 Å². The van der Waals surface area contributed by atoms with Crippen LogP contribution in [0.5, 0.6) is 0 Å². The van der Waals surface area contributed by atoms with Crippen LogP contribution in [-0.2, 0) is 0 Å². The lowest BCUT2D eigenvalue weighted by Gasteiger charge is -2.24. The van der Waals surface area contributed by atoms with E-state index in [1.165, 1.54) is 11.1 Å². The van der Waals surface area contributed by atoms with E-state index in [1.807, 2.05) is 0 Å². The molecule has 0 N–H and O–H groups in total. The molecule has 0 aliphatic heterocycles. The molecule has 3 aliphatic carbocycles. The summed E-state index contributed by atoms with van der Waals surface area (Å²) in [6, 6.07) is 10.8. The number of hydrogen-bond acceptors (Lipinski definition) is 0. The molecule has 1 saturated carbocycles. The molecule has 0 aromatic heterocycles. The molecule has 3 aliphatic rings. The average Bonchev–Trinajstić information content (AvgIpc) is 2.81. The summed E-state index contributed by atoms with van der Waals surface area (Å²) < 4.78 is 0. The van der Waals surface area contributed by atoms with Gasteiger partial charge in [0.25, 0.3) is 0 Å². The third-order valence-corrected chi connectivity index (χ3v) is 5.30. The normalized spacial score (nSPS) is 37.5. The van der Waals surface area contributed by atoms with Crippen molar-refractivity contribution < 1.29 is 0 Å². The predicted molar refractivity (Wildman–Crippen MR) is 85.0 cm³/mol. The van der Waals surface area contributed by atoms with Crippen LogP contribution in [0, 0.1) is 29.6 Å². The minimum Gasteiger partial charge on any atom is -0.0805 e. The van der Waals surface area contributed by atoms with Gasteiger partial charge in [0.1, 0.15) is 0 Å². The number of hydrogen-bond donors (Lipinski definition) is 0. The van der Waals surface area contributed by atoms with Crippen LogP contribution in [0.15, 0.2) is 72.9 Å². The highest BCUT2D eigenvalue weighted by molar-refractivity contribution is 5.75. The van der Waals surface area contributed by atoms with Crippen molar-refractivity contribution in [2.45, 2.75) is 6.92 Å². The fraction of sp³-hybridized carbons (Fsp3) is 0.300. The lowest BCUT2D eigenvalue weighted by molar-refractivity contribution is 0.415. The Kier molecular flexibility index (Phi) is 2.77. The lowest BCUT2D eigenvalue weighted by atomic mass is 9.80. The first-order chi connectivity index (χ1) is 9.84. The van der Waals surface area contributed by atoms with Gasteiger partial charge < -0.3 is 0 Å². The van der Waals surface area contributed by atoms with Crippen molar-refractivity contribution in [3.05, 3.63) is 78.4 Å². The Morgan fingerprint density at radius 3 is 2.25 bits per heavy atom. The zero-order valence-electron chi connectivity index (χ0n) is 11.8. The van der Waals surface area contributed by atoms with Gasteiger partial charge in [0, 0.05) is 0 Å². The van der Waals surface area contributed by atoms with Crippen LogP contribution in [0.25, 0.3) is 5.57 Å². The van der Waals surface area contributed by atoms with Gasteiger partial charge >= 0.3 is 0 Å². The van der Waals surface area contributed by atoms with Crippen LogP contribution in [0.4, 0.5) is 0 Å². The van der Waals surface area contributed by atoms with Gasteiger partial charge in [-0.15, -0.1) is 0 Å². The fourth-order valence-corrected chi connectivity index (χ4v) is 4.24. The Bertz CT molecular complexity index is 615. The summed E-state index contributed by atoms with van der Waals surface area (Å²) in [6.07, 6.45) is 16.6. The molecule has 1 aromatic rings. The molecule has 0 heterocycles. The summed E-state index contributed by atoms with van der Waals surface area (Å²) in [6.45, 7) is 2.42. The summed E-state index contributed by atoms with van der Waals surface area (Å²) in [5, 5.41) is 0. The van der Waals surface area contributed by atoms with E-state index in [4.69, 9.17) is 0 Å². The Morgan fingerprint density at radius 2 is 1.45 bits per heavy atom. The number of benzene rings is 1. The molecule has 0 amide bonds. The molecule has 0 bridgehead atoms. The summed E-state index contributed by atoms with van der Waals surface area (Å²) >= 11 is 0. The first kappa shape index (κ1) is 12.0. The van der Waals surface area contributed by atoms with Gasteiger partial charge in [0.05, 0.1) is 0 Å². The van der Waals surface area contributed by atoms with Crippen molar-refractivity contribution in [1.29, 1.82) is 0 Å². The van der Waals surface area contributed by atoms with Gasteiger partial charge in [-0.05, 0) is 40.7 Å². The topological polar surface area (TPSA) is 0 Å². The van der Waals surface area contributed by atoms with Crippen molar-refractivity contribution >= 4 is 5.57 Å². The highest BCUT2D eigenvalue weighted by Gasteiger charge is 2.45. The summed E-state index contributed by atoms with van der Waals surface area (Å²) in [4.78, 5) is 0. The van der Waals surface area contributed by atoms with E-state index in [9.17, 15) is 0 Å². The average molecular weight is 260 g/mol. The minimum absolute atomic E-state index is 0.678. The first-order valence-electron chi connectivity index (χ1n) is 7.65. The van der Waals surface area contributed by atoms with Crippen LogP contribution in [0.2, 0.25) is 0 Å². The molecule has 1 aromatic carbocycles. The van der Waals surface area contributed by atoms with Crippen molar-refractivity contribution in [3.8, 4) is 0 Å².